The standard InChI is InChI=1S/C20H26N2S.I3/c1-3-5-13-22(14-6-4-2)16-11-12-18-20(15-16)23-19-10-8-7-9-17(19)21-18;1-3-2/h7-12,15,21H,3-6,13-14H2,1-2H3;/q;-1. The second kappa shape index (κ2) is 12.9. The summed E-state index contributed by atoms with van der Waals surface area (Å²) in [5, 5.41) is 3.55. The van der Waals surface area contributed by atoms with Crippen molar-refractivity contribution in [2.75, 3.05) is 23.3 Å². The van der Waals surface area contributed by atoms with Gasteiger partial charge in [0.2, 0.25) is 0 Å². The Labute approximate surface area is 192 Å². The van der Waals surface area contributed by atoms with Gasteiger partial charge in [0.1, 0.15) is 0 Å². The first kappa shape index (κ1) is 22.9. The van der Waals surface area contributed by atoms with E-state index in [0.717, 1.165) is 13.1 Å². The van der Waals surface area contributed by atoms with Gasteiger partial charge in [-0.1, -0.05) is 50.6 Å². The fraction of sp³-hybridized carbons (Fsp3) is 0.400. The van der Waals surface area contributed by atoms with Crippen LogP contribution in [-0.4, -0.2) is 13.1 Å². The summed E-state index contributed by atoms with van der Waals surface area (Å²) in [6, 6.07) is 15.4. The SMILES string of the molecule is CCCCN(CCCC)c1ccc2c(c1)Sc1ccccc1N2.I[I-]I. The van der Waals surface area contributed by atoms with Gasteiger partial charge in [0.25, 0.3) is 0 Å². The average molecular weight is 707 g/mol. The number of fused-ring (bicyclic) bond motifs is 2. The first-order valence-electron chi connectivity index (χ1n) is 9.03. The predicted octanol–water partition coefficient (Wildman–Crippen LogP) is 5.08. The van der Waals surface area contributed by atoms with Gasteiger partial charge >= 0.3 is 50.5 Å². The normalized spacial score (nSPS) is 11.7. The molecule has 0 saturated carbocycles. The summed E-state index contributed by atoms with van der Waals surface area (Å²) in [5.74, 6) is 0. The Balaban J connectivity index is 0.000000758. The second-order valence-corrected chi connectivity index (χ2v) is 23.5. The van der Waals surface area contributed by atoms with Gasteiger partial charge < -0.3 is 10.2 Å². The van der Waals surface area contributed by atoms with E-state index < -0.39 is 0 Å². The number of hydrogen-bond acceptors (Lipinski definition) is 3. The van der Waals surface area contributed by atoms with E-state index in [9.17, 15) is 0 Å². The molecule has 1 aliphatic rings. The van der Waals surface area contributed by atoms with Crippen LogP contribution >= 0.6 is 49.0 Å². The average Bonchev–Trinajstić information content (AvgIpc) is 2.67. The monoisotopic (exact) mass is 707 g/mol. The predicted molar refractivity (Wildman–Crippen MR) is 130 cm³/mol. The molecule has 1 heterocycles. The van der Waals surface area contributed by atoms with Crippen molar-refractivity contribution in [1.29, 1.82) is 0 Å². The van der Waals surface area contributed by atoms with Crippen LogP contribution < -0.4 is 23.5 Å². The van der Waals surface area contributed by atoms with Crippen LogP contribution in [-0.2, 0) is 0 Å². The number of unbranched alkanes of at least 4 members (excludes halogenated alkanes) is 2. The molecule has 144 valence electrons. The maximum atomic E-state index is 3.55. The molecule has 1 N–H and O–H groups in total. The maximum absolute atomic E-state index is 3.55. The number of hydrogen-bond donors (Lipinski definition) is 1. The number of para-hydroxylation sites is 1. The van der Waals surface area contributed by atoms with Crippen LogP contribution in [0.5, 0.6) is 0 Å². The van der Waals surface area contributed by atoms with Crippen LogP contribution in [0.1, 0.15) is 39.5 Å². The second-order valence-electron chi connectivity index (χ2n) is 6.15. The Bertz CT molecular complexity index is 674. The summed E-state index contributed by atoms with van der Waals surface area (Å²) in [7, 11) is 0. The molecule has 3 rings (SSSR count). The molecule has 0 atom stereocenters. The Kier molecular flexibility index (Phi) is 11.4. The van der Waals surface area contributed by atoms with Crippen molar-refractivity contribution in [2.45, 2.75) is 49.3 Å². The first-order chi connectivity index (χ1) is 12.7. The molecule has 0 radical (unpaired) electrons. The number of benzene rings is 2. The third-order valence-electron chi connectivity index (χ3n) is 4.27. The van der Waals surface area contributed by atoms with E-state index in [2.05, 4.69) is 104 Å². The summed E-state index contributed by atoms with van der Waals surface area (Å²) < 4.78 is 0. The molecule has 0 spiro atoms. The van der Waals surface area contributed by atoms with Crippen molar-refractivity contribution >= 4 is 66.1 Å². The van der Waals surface area contributed by atoms with E-state index in [1.807, 2.05) is 11.8 Å². The molecule has 2 nitrogen and oxygen atoms in total. The van der Waals surface area contributed by atoms with Gasteiger partial charge in [-0.3, -0.25) is 0 Å². The van der Waals surface area contributed by atoms with Crippen molar-refractivity contribution in [3.05, 3.63) is 42.5 Å². The molecule has 2 aromatic carbocycles. The molecule has 0 fully saturated rings. The van der Waals surface area contributed by atoms with Gasteiger partial charge in [-0.05, 0) is 43.2 Å². The minimum absolute atomic E-state index is 0.530. The minimum atomic E-state index is 0.530. The number of nitrogens with one attached hydrogen (secondary N) is 1. The van der Waals surface area contributed by atoms with Crippen molar-refractivity contribution < 1.29 is 13.3 Å². The van der Waals surface area contributed by atoms with E-state index in [-0.39, 0.29) is 0 Å². The third kappa shape index (κ3) is 6.88. The summed E-state index contributed by atoms with van der Waals surface area (Å²) >= 11 is 7.17. The van der Waals surface area contributed by atoms with Crippen molar-refractivity contribution in [3.8, 4) is 0 Å². The van der Waals surface area contributed by atoms with Crippen LogP contribution in [0.4, 0.5) is 17.1 Å². The third-order valence-corrected chi connectivity index (χ3v) is 5.40. The van der Waals surface area contributed by atoms with Crippen molar-refractivity contribution in [2.24, 2.45) is 0 Å². The van der Waals surface area contributed by atoms with Crippen LogP contribution in [0.15, 0.2) is 52.3 Å². The molecule has 0 aromatic heterocycles. The summed E-state index contributed by atoms with van der Waals surface area (Å²) in [6.45, 7) is 6.84. The van der Waals surface area contributed by atoms with Crippen LogP contribution in [0.2, 0.25) is 0 Å². The number of rotatable bonds is 7. The molecule has 0 amide bonds. The zero-order valence-electron chi connectivity index (χ0n) is 15.3. The number of nitrogens with zero attached hydrogens (tertiary/aromatic N) is 1. The Morgan fingerprint density at radius 1 is 0.923 bits per heavy atom. The Hall–Kier alpha value is 0.580. The van der Waals surface area contributed by atoms with E-state index in [1.165, 1.54) is 52.5 Å². The van der Waals surface area contributed by atoms with Gasteiger partial charge in [0.15, 0.2) is 0 Å². The van der Waals surface area contributed by atoms with Gasteiger partial charge in [-0.2, -0.15) is 0 Å². The van der Waals surface area contributed by atoms with E-state index in [4.69, 9.17) is 0 Å². The van der Waals surface area contributed by atoms with Crippen LogP contribution in [0.3, 0.4) is 0 Å². The molecule has 0 aliphatic carbocycles. The van der Waals surface area contributed by atoms with Crippen LogP contribution in [0, 0.1) is 0 Å². The zero-order chi connectivity index (χ0) is 18.8. The van der Waals surface area contributed by atoms with Crippen molar-refractivity contribution in [1.82, 2.24) is 0 Å². The number of anilines is 3. The molecule has 26 heavy (non-hydrogen) atoms. The van der Waals surface area contributed by atoms with E-state index >= 15 is 0 Å². The zero-order valence-corrected chi connectivity index (χ0v) is 22.6. The van der Waals surface area contributed by atoms with Gasteiger partial charge in [0, 0.05) is 28.6 Å². The van der Waals surface area contributed by atoms with Gasteiger partial charge in [-0.15, -0.1) is 0 Å². The summed E-state index contributed by atoms with van der Waals surface area (Å²) in [5.41, 5.74) is 3.80. The summed E-state index contributed by atoms with van der Waals surface area (Å²) in [6.07, 6.45) is 5.01. The van der Waals surface area contributed by atoms with Gasteiger partial charge in [0.05, 0.1) is 11.4 Å². The molecule has 0 saturated heterocycles. The molecular weight excluding hydrogens is 681 g/mol. The first-order valence-corrected chi connectivity index (χ1v) is 22.4. The van der Waals surface area contributed by atoms with Crippen LogP contribution in [0.25, 0.3) is 0 Å². The topological polar surface area (TPSA) is 15.3 Å². The van der Waals surface area contributed by atoms with E-state index in [0.29, 0.717) is 13.3 Å². The molecule has 6 heteroatoms. The quantitative estimate of drug-likeness (QED) is 0.346. The summed E-state index contributed by atoms with van der Waals surface area (Å²) in [4.78, 5) is 5.19. The molecule has 1 aliphatic heterocycles. The fourth-order valence-electron chi connectivity index (χ4n) is 2.89. The molecule has 2 aromatic rings. The Morgan fingerprint density at radius 3 is 2.19 bits per heavy atom. The van der Waals surface area contributed by atoms with Crippen molar-refractivity contribution in [3.63, 3.8) is 0 Å². The fourth-order valence-corrected chi connectivity index (χ4v) is 3.91. The molecule has 0 bridgehead atoms. The van der Waals surface area contributed by atoms with E-state index in [1.54, 1.807) is 0 Å². The number of halogens is 3. The molecular formula is C20H26I3N2S-. The van der Waals surface area contributed by atoms with Gasteiger partial charge in [-0.25, -0.2) is 0 Å². The molecule has 0 unspecified atom stereocenters. The Morgan fingerprint density at radius 2 is 1.54 bits per heavy atom.